The van der Waals surface area contributed by atoms with E-state index in [2.05, 4.69) is 285 Å². The van der Waals surface area contributed by atoms with E-state index in [-0.39, 0.29) is 16.2 Å². The van der Waals surface area contributed by atoms with Gasteiger partial charge >= 0.3 is 0 Å². The molecule has 0 aliphatic heterocycles. The first-order chi connectivity index (χ1) is 38.3. The molecule has 2 nitrogen and oxygen atoms in total. The summed E-state index contributed by atoms with van der Waals surface area (Å²) in [5.41, 5.74) is 33.6. The highest BCUT2D eigenvalue weighted by atomic mass is 15.1. The molecule has 2 heteroatoms. The van der Waals surface area contributed by atoms with E-state index in [9.17, 15) is 0 Å². The lowest BCUT2D eigenvalue weighted by Crippen LogP contribution is -2.23. The van der Waals surface area contributed by atoms with Crippen LogP contribution < -0.4 is 9.80 Å². The Morgan fingerprint density at radius 3 is 0.734 bits per heavy atom. The highest BCUT2D eigenvalue weighted by molar-refractivity contribution is 5.92. The molecule has 390 valence electrons. The molecule has 0 radical (unpaired) electrons. The van der Waals surface area contributed by atoms with Crippen LogP contribution in [0.1, 0.15) is 123 Å². The number of hydrogen-bond donors (Lipinski definition) is 0. The molecule has 0 bridgehead atoms. The quantitative estimate of drug-likeness (QED) is 0.120. The van der Waals surface area contributed by atoms with Crippen LogP contribution in [0, 0.1) is 27.7 Å². The van der Waals surface area contributed by atoms with Crippen LogP contribution in [0.5, 0.6) is 0 Å². The van der Waals surface area contributed by atoms with Crippen molar-refractivity contribution < 1.29 is 0 Å². The van der Waals surface area contributed by atoms with Crippen molar-refractivity contribution >= 4 is 34.1 Å². The Labute approximate surface area is 470 Å². The van der Waals surface area contributed by atoms with Gasteiger partial charge in [0.2, 0.25) is 0 Å². The third kappa shape index (κ3) is 7.88. The van der Waals surface area contributed by atoms with Gasteiger partial charge in [-0.15, -0.1) is 0 Å². The molecular weight excluding hydrogens is 953 g/mol. The molecule has 0 N–H and O–H groups in total. The molecule has 0 spiro atoms. The molecule has 0 amide bonds. The molecule has 13 rings (SSSR count). The Kier molecular flexibility index (Phi) is 12.1. The molecule has 79 heavy (non-hydrogen) atoms. The molecule has 3 aliphatic carbocycles. The van der Waals surface area contributed by atoms with Crippen LogP contribution in [-0.2, 0) is 16.2 Å². The highest BCUT2D eigenvalue weighted by Crippen LogP contribution is 2.58. The molecule has 0 heterocycles. The van der Waals surface area contributed by atoms with Gasteiger partial charge in [-0.3, -0.25) is 0 Å². The zero-order chi connectivity index (χ0) is 54.5. The lowest BCUT2D eigenvalue weighted by atomic mass is 9.73. The van der Waals surface area contributed by atoms with E-state index >= 15 is 0 Å². The molecule has 0 fully saturated rings. The summed E-state index contributed by atoms with van der Waals surface area (Å²) in [5, 5.41) is 0. The van der Waals surface area contributed by atoms with Crippen molar-refractivity contribution in [3.05, 3.63) is 262 Å². The summed E-state index contributed by atoms with van der Waals surface area (Å²) in [5.74, 6) is 0. The van der Waals surface area contributed by atoms with Gasteiger partial charge in [-0.25, -0.2) is 0 Å². The number of hydrogen-bond acceptors (Lipinski definition) is 2. The first-order valence-electron chi connectivity index (χ1n) is 29.0. The Morgan fingerprint density at radius 1 is 0.253 bits per heavy atom. The van der Waals surface area contributed by atoms with Crippen LogP contribution in [-0.4, -0.2) is 0 Å². The second-order valence-electron chi connectivity index (χ2n) is 23.7. The fraction of sp³-hybridized carbons (Fsp3) is 0.221. The molecule has 0 atom stereocenters. The molecule has 0 saturated carbocycles. The van der Waals surface area contributed by atoms with Gasteiger partial charge in [0.15, 0.2) is 0 Å². The fourth-order valence-electron chi connectivity index (χ4n) is 14.4. The Balaban J connectivity index is 0.822. The van der Waals surface area contributed by atoms with Gasteiger partial charge in [0.05, 0.1) is 0 Å². The number of benzene rings is 10. The number of rotatable bonds is 12. The Bertz CT molecular complexity index is 3640. The summed E-state index contributed by atoms with van der Waals surface area (Å²) in [6.07, 6.45) is 4.10. The van der Waals surface area contributed by atoms with Crippen LogP contribution in [0.4, 0.5) is 34.1 Å². The fourth-order valence-corrected chi connectivity index (χ4v) is 14.4. The average molecular weight is 1030 g/mol. The molecule has 0 aromatic heterocycles. The maximum absolute atomic E-state index is 2.54. The van der Waals surface area contributed by atoms with Gasteiger partial charge in [-0.05, 0) is 239 Å². The summed E-state index contributed by atoms with van der Waals surface area (Å²) in [7, 11) is 0. The second-order valence-corrected chi connectivity index (χ2v) is 23.7. The van der Waals surface area contributed by atoms with Gasteiger partial charge in [-0.1, -0.05) is 173 Å². The zero-order valence-corrected chi connectivity index (χ0v) is 47.9. The summed E-state index contributed by atoms with van der Waals surface area (Å²) in [6, 6.07) is 79.5. The topological polar surface area (TPSA) is 6.48 Å². The molecule has 10 aromatic carbocycles. The molecule has 3 aliphatic rings. The van der Waals surface area contributed by atoms with Crippen molar-refractivity contribution in [2.75, 3.05) is 9.80 Å². The summed E-state index contributed by atoms with van der Waals surface area (Å²) >= 11 is 0. The van der Waals surface area contributed by atoms with E-state index in [4.69, 9.17) is 0 Å². The van der Waals surface area contributed by atoms with E-state index in [1.807, 2.05) is 0 Å². The molecule has 0 saturated heterocycles. The van der Waals surface area contributed by atoms with Crippen molar-refractivity contribution in [2.45, 2.75) is 111 Å². The first-order valence-corrected chi connectivity index (χ1v) is 29.0. The standard InChI is InChI=1S/C77H72N2/c1-11-76(12-2)71-45-55(25-39-65(71)67-41-35-61(47-73(67)76)78(57-27-15-49(5)16-28-57)58-29-17-50(6)18-30-58)53-23-37-63-64-38-24-54(44-70(64)75(9,10)69(63)43-53)56-26-40-66-68-42-36-62(48-74(68)77(13-3,14-4)72(66)46-56)79(59-31-19-51(7)20-32-59)60-33-21-52(8)22-34-60/h15-48H,11-14H2,1-10H3. The number of aryl methyl sites for hydroxylation is 4. The predicted molar refractivity (Wildman–Crippen MR) is 337 cm³/mol. The SMILES string of the molecule is CCC1(CC)c2cc(-c3ccc4c(c3)C(C)(C)c3cc(-c5ccc6c(c5)C(CC)(CC)c5cc(N(c7ccc(C)cc7)c7ccc(C)cc7)ccc5-6)ccc3-4)ccc2-c2ccc(N(c3ccc(C)cc3)c3ccc(C)cc3)cc21. The lowest BCUT2D eigenvalue weighted by molar-refractivity contribution is 0.490. The Hall–Kier alpha value is -8.20. The van der Waals surface area contributed by atoms with Crippen LogP contribution in [0.25, 0.3) is 55.6 Å². The summed E-state index contributed by atoms with van der Waals surface area (Å²) in [6.45, 7) is 23.1. The summed E-state index contributed by atoms with van der Waals surface area (Å²) < 4.78 is 0. The molecule has 10 aromatic rings. The van der Waals surface area contributed by atoms with Crippen molar-refractivity contribution in [1.29, 1.82) is 0 Å². The third-order valence-electron chi connectivity index (χ3n) is 19.1. The van der Waals surface area contributed by atoms with Gasteiger partial charge in [0.1, 0.15) is 0 Å². The number of nitrogens with zero attached hydrogens (tertiary/aromatic N) is 2. The van der Waals surface area contributed by atoms with Gasteiger partial charge in [0.25, 0.3) is 0 Å². The van der Waals surface area contributed by atoms with E-state index in [0.717, 1.165) is 25.7 Å². The normalized spacial score (nSPS) is 14.5. The van der Waals surface area contributed by atoms with E-state index < -0.39 is 0 Å². The Morgan fingerprint density at radius 2 is 0.468 bits per heavy atom. The monoisotopic (exact) mass is 1020 g/mol. The second kappa shape index (κ2) is 19.0. The minimum absolute atomic E-state index is 0.104. The highest BCUT2D eigenvalue weighted by Gasteiger charge is 2.43. The molecule has 0 unspecified atom stereocenters. The first kappa shape index (κ1) is 50.3. The van der Waals surface area contributed by atoms with E-state index in [1.54, 1.807) is 0 Å². The van der Waals surface area contributed by atoms with Crippen LogP contribution in [0.2, 0.25) is 0 Å². The largest absolute Gasteiger partial charge is 0.310 e. The predicted octanol–water partition coefficient (Wildman–Crippen LogP) is 21.7. The minimum Gasteiger partial charge on any atom is -0.310 e. The van der Waals surface area contributed by atoms with E-state index in [0.29, 0.717) is 0 Å². The van der Waals surface area contributed by atoms with Gasteiger partial charge in [-0.2, -0.15) is 0 Å². The number of anilines is 6. The smallest absolute Gasteiger partial charge is 0.0465 e. The van der Waals surface area contributed by atoms with Crippen LogP contribution >= 0.6 is 0 Å². The van der Waals surface area contributed by atoms with Crippen LogP contribution in [0.15, 0.2) is 206 Å². The maximum atomic E-state index is 2.54. The van der Waals surface area contributed by atoms with Crippen molar-refractivity contribution in [1.82, 2.24) is 0 Å². The van der Waals surface area contributed by atoms with Crippen molar-refractivity contribution in [3.63, 3.8) is 0 Å². The summed E-state index contributed by atoms with van der Waals surface area (Å²) in [4.78, 5) is 4.85. The third-order valence-corrected chi connectivity index (χ3v) is 19.1. The zero-order valence-electron chi connectivity index (χ0n) is 47.9. The van der Waals surface area contributed by atoms with E-state index in [1.165, 1.54) is 145 Å². The van der Waals surface area contributed by atoms with Crippen LogP contribution in [0.3, 0.4) is 0 Å². The maximum Gasteiger partial charge on any atom is 0.0465 e. The average Bonchev–Trinajstić information content (AvgIpc) is 4.10. The van der Waals surface area contributed by atoms with Crippen molar-refractivity contribution in [3.8, 4) is 55.6 Å². The number of fused-ring (bicyclic) bond motifs is 9. The van der Waals surface area contributed by atoms with Crippen molar-refractivity contribution in [2.24, 2.45) is 0 Å². The minimum atomic E-state index is -0.182. The van der Waals surface area contributed by atoms with Gasteiger partial charge < -0.3 is 9.80 Å². The molecular formula is C77H72N2. The van der Waals surface area contributed by atoms with Gasteiger partial charge in [0, 0.05) is 50.4 Å². The lowest BCUT2D eigenvalue weighted by Gasteiger charge is -2.32.